The Hall–Kier alpha value is -2.14. The molecule has 3 heterocycles. The highest BCUT2D eigenvalue weighted by Gasteiger charge is 2.30. The average molecular weight is 353 g/mol. The van der Waals surface area contributed by atoms with Crippen LogP contribution in [-0.4, -0.2) is 60.0 Å². The molecule has 1 aromatic heterocycles. The third kappa shape index (κ3) is 3.68. The van der Waals surface area contributed by atoms with E-state index in [9.17, 15) is 4.79 Å². The molecule has 0 bridgehead atoms. The fourth-order valence-electron chi connectivity index (χ4n) is 4.06. The summed E-state index contributed by atoms with van der Waals surface area (Å²) in [6.45, 7) is 3.66. The van der Waals surface area contributed by atoms with E-state index in [1.807, 2.05) is 18.2 Å². The molecular weight excluding hydrogens is 326 g/mol. The quantitative estimate of drug-likeness (QED) is 0.851. The normalized spacial score (nSPS) is 20.4. The van der Waals surface area contributed by atoms with E-state index >= 15 is 0 Å². The summed E-state index contributed by atoms with van der Waals surface area (Å²) in [6, 6.07) is 10.1. The van der Waals surface area contributed by atoms with Crippen LogP contribution >= 0.6 is 0 Å². The summed E-state index contributed by atoms with van der Waals surface area (Å²) in [7, 11) is 2.13. The van der Waals surface area contributed by atoms with Gasteiger partial charge in [-0.25, -0.2) is 0 Å². The van der Waals surface area contributed by atoms with Gasteiger partial charge in [-0.15, -0.1) is 0 Å². The van der Waals surface area contributed by atoms with Crippen LogP contribution in [0.5, 0.6) is 5.75 Å². The zero-order chi connectivity index (χ0) is 17.9. The molecule has 5 nitrogen and oxygen atoms in total. The molecule has 0 spiro atoms. The smallest absolute Gasteiger partial charge is 0.225 e. The number of ether oxygens (including phenoxy) is 1. The van der Waals surface area contributed by atoms with Crippen molar-refractivity contribution >= 4 is 16.8 Å². The SMILES string of the molecule is CN1CCC(C(=O)N2CCC(Oc3cccc4cccnc34)CC2)CC1. The van der Waals surface area contributed by atoms with Crippen LogP contribution in [0.3, 0.4) is 0 Å². The Bertz CT molecular complexity index is 757. The number of amides is 1. The van der Waals surface area contributed by atoms with Crippen LogP contribution < -0.4 is 4.74 Å². The van der Waals surface area contributed by atoms with E-state index in [0.717, 1.165) is 68.5 Å². The Morgan fingerprint density at radius 1 is 1.04 bits per heavy atom. The van der Waals surface area contributed by atoms with Gasteiger partial charge >= 0.3 is 0 Å². The van der Waals surface area contributed by atoms with Gasteiger partial charge in [0, 0.05) is 43.4 Å². The lowest BCUT2D eigenvalue weighted by Crippen LogP contribution is -2.46. The zero-order valence-electron chi connectivity index (χ0n) is 15.4. The summed E-state index contributed by atoms with van der Waals surface area (Å²) in [5.41, 5.74) is 0.917. The first-order chi connectivity index (χ1) is 12.7. The van der Waals surface area contributed by atoms with Gasteiger partial charge in [0.25, 0.3) is 0 Å². The minimum absolute atomic E-state index is 0.157. The second kappa shape index (κ2) is 7.62. The number of hydrogen-bond donors (Lipinski definition) is 0. The Morgan fingerprint density at radius 2 is 1.77 bits per heavy atom. The van der Waals surface area contributed by atoms with Gasteiger partial charge in [0.05, 0.1) is 0 Å². The molecule has 0 unspecified atom stereocenters. The van der Waals surface area contributed by atoms with Gasteiger partial charge in [0.2, 0.25) is 5.91 Å². The Morgan fingerprint density at radius 3 is 2.54 bits per heavy atom. The highest BCUT2D eigenvalue weighted by Crippen LogP contribution is 2.27. The number of nitrogens with zero attached hydrogens (tertiary/aromatic N) is 3. The number of fused-ring (bicyclic) bond motifs is 1. The molecule has 0 N–H and O–H groups in total. The molecule has 0 aliphatic carbocycles. The third-order valence-corrected chi connectivity index (χ3v) is 5.71. The van der Waals surface area contributed by atoms with E-state index in [4.69, 9.17) is 4.74 Å². The number of aromatic nitrogens is 1. The monoisotopic (exact) mass is 353 g/mol. The summed E-state index contributed by atoms with van der Waals surface area (Å²) < 4.78 is 6.25. The first-order valence-corrected chi connectivity index (χ1v) is 9.68. The number of carbonyl (C=O) groups is 1. The molecule has 4 rings (SSSR count). The number of pyridine rings is 1. The standard InChI is InChI=1S/C21H27N3O2/c1-23-12-7-17(8-13-23)21(25)24-14-9-18(10-15-24)26-19-6-2-4-16-5-3-11-22-20(16)19/h2-6,11,17-18H,7-10,12-15H2,1H3. The molecule has 2 fully saturated rings. The maximum Gasteiger partial charge on any atom is 0.225 e. The predicted molar refractivity (Wildman–Crippen MR) is 102 cm³/mol. The van der Waals surface area contributed by atoms with Crippen molar-refractivity contribution in [3.63, 3.8) is 0 Å². The molecule has 2 aliphatic rings. The molecule has 5 heteroatoms. The van der Waals surface area contributed by atoms with Crippen molar-refractivity contribution in [3.8, 4) is 5.75 Å². The van der Waals surface area contributed by atoms with Gasteiger partial charge in [-0.2, -0.15) is 0 Å². The molecule has 26 heavy (non-hydrogen) atoms. The molecule has 1 aromatic carbocycles. The summed E-state index contributed by atoms with van der Waals surface area (Å²) >= 11 is 0. The van der Waals surface area contributed by atoms with Crippen molar-refractivity contribution in [2.24, 2.45) is 5.92 Å². The van der Waals surface area contributed by atoms with Crippen LogP contribution in [0.4, 0.5) is 0 Å². The molecular formula is C21H27N3O2. The first-order valence-electron chi connectivity index (χ1n) is 9.68. The van der Waals surface area contributed by atoms with Crippen LogP contribution in [0.15, 0.2) is 36.5 Å². The van der Waals surface area contributed by atoms with Crippen LogP contribution in [-0.2, 0) is 4.79 Å². The molecule has 2 saturated heterocycles. The fraction of sp³-hybridized carbons (Fsp3) is 0.524. The summed E-state index contributed by atoms with van der Waals surface area (Å²) in [6.07, 6.45) is 5.73. The predicted octanol–water partition coefficient (Wildman–Crippen LogP) is 2.95. The van der Waals surface area contributed by atoms with Gasteiger partial charge in [-0.05, 0) is 45.1 Å². The van der Waals surface area contributed by atoms with Crippen molar-refractivity contribution < 1.29 is 9.53 Å². The highest BCUT2D eigenvalue weighted by molar-refractivity contribution is 5.84. The number of likely N-dealkylation sites (tertiary alicyclic amines) is 2. The Labute approximate surface area is 154 Å². The topological polar surface area (TPSA) is 45.7 Å². The highest BCUT2D eigenvalue weighted by atomic mass is 16.5. The van der Waals surface area contributed by atoms with Crippen molar-refractivity contribution in [2.75, 3.05) is 33.2 Å². The minimum atomic E-state index is 0.157. The van der Waals surface area contributed by atoms with E-state index in [1.54, 1.807) is 6.20 Å². The molecule has 0 saturated carbocycles. The number of benzene rings is 1. The number of hydrogen-bond acceptors (Lipinski definition) is 4. The average Bonchev–Trinajstić information content (AvgIpc) is 2.69. The molecule has 2 aliphatic heterocycles. The van der Waals surface area contributed by atoms with Crippen molar-refractivity contribution in [1.29, 1.82) is 0 Å². The Balaban J connectivity index is 1.34. The molecule has 0 radical (unpaired) electrons. The van der Waals surface area contributed by atoms with Crippen molar-refractivity contribution in [2.45, 2.75) is 31.8 Å². The number of rotatable bonds is 3. The lowest BCUT2D eigenvalue weighted by atomic mass is 9.94. The summed E-state index contributed by atoms with van der Waals surface area (Å²) in [4.78, 5) is 21.6. The second-order valence-electron chi connectivity index (χ2n) is 7.55. The van der Waals surface area contributed by atoms with Crippen LogP contribution in [0, 0.1) is 5.92 Å². The van der Waals surface area contributed by atoms with E-state index in [0.29, 0.717) is 5.91 Å². The van der Waals surface area contributed by atoms with Gasteiger partial charge in [0.1, 0.15) is 17.4 Å². The summed E-state index contributed by atoms with van der Waals surface area (Å²) in [5.74, 6) is 1.41. The van der Waals surface area contributed by atoms with E-state index in [1.165, 1.54) is 0 Å². The summed E-state index contributed by atoms with van der Waals surface area (Å²) in [5, 5.41) is 1.10. The van der Waals surface area contributed by atoms with Gasteiger partial charge in [-0.1, -0.05) is 18.2 Å². The molecule has 138 valence electrons. The lowest BCUT2D eigenvalue weighted by Gasteiger charge is -2.36. The van der Waals surface area contributed by atoms with Crippen molar-refractivity contribution in [1.82, 2.24) is 14.8 Å². The zero-order valence-corrected chi connectivity index (χ0v) is 15.4. The van der Waals surface area contributed by atoms with Crippen LogP contribution in [0.25, 0.3) is 10.9 Å². The molecule has 1 amide bonds. The van der Waals surface area contributed by atoms with Gasteiger partial charge in [0.15, 0.2) is 0 Å². The van der Waals surface area contributed by atoms with E-state index < -0.39 is 0 Å². The van der Waals surface area contributed by atoms with Gasteiger partial charge in [-0.3, -0.25) is 9.78 Å². The lowest BCUT2D eigenvalue weighted by molar-refractivity contribution is -0.138. The maximum absolute atomic E-state index is 12.8. The van der Waals surface area contributed by atoms with Crippen molar-refractivity contribution in [3.05, 3.63) is 36.5 Å². The number of para-hydroxylation sites is 1. The van der Waals surface area contributed by atoms with Gasteiger partial charge < -0.3 is 14.5 Å². The maximum atomic E-state index is 12.8. The second-order valence-corrected chi connectivity index (χ2v) is 7.55. The molecule has 0 atom stereocenters. The first kappa shape index (κ1) is 17.3. The minimum Gasteiger partial charge on any atom is -0.488 e. The fourth-order valence-corrected chi connectivity index (χ4v) is 4.06. The number of carbonyl (C=O) groups excluding carboxylic acids is 1. The Kier molecular flexibility index (Phi) is 5.07. The van der Waals surface area contributed by atoms with E-state index in [-0.39, 0.29) is 12.0 Å². The molecule has 2 aromatic rings. The van der Waals surface area contributed by atoms with Crippen LogP contribution in [0.2, 0.25) is 0 Å². The van der Waals surface area contributed by atoms with E-state index in [2.05, 4.69) is 34.0 Å². The number of piperidine rings is 2. The largest absolute Gasteiger partial charge is 0.488 e. The van der Waals surface area contributed by atoms with Crippen LogP contribution in [0.1, 0.15) is 25.7 Å². The third-order valence-electron chi connectivity index (χ3n) is 5.71.